The quantitative estimate of drug-likeness (QED) is 0.912. The molecule has 5 heteroatoms. The summed E-state index contributed by atoms with van der Waals surface area (Å²) in [5, 5.41) is 0. The summed E-state index contributed by atoms with van der Waals surface area (Å²) in [7, 11) is 2.03. The maximum absolute atomic E-state index is 5.73. The smallest absolute Gasteiger partial charge is 0.123 e. The van der Waals surface area contributed by atoms with E-state index in [1.807, 2.05) is 7.05 Å². The summed E-state index contributed by atoms with van der Waals surface area (Å²) in [5.74, 6) is 0.938. The van der Waals surface area contributed by atoms with Crippen LogP contribution in [0.2, 0.25) is 0 Å². The van der Waals surface area contributed by atoms with Crippen LogP contribution in [-0.4, -0.2) is 47.2 Å². The highest BCUT2D eigenvalue weighted by Gasteiger charge is 2.17. The molecule has 0 aliphatic carbocycles. The zero-order valence-electron chi connectivity index (χ0n) is 12.3. The maximum Gasteiger partial charge on any atom is 0.123 e. The van der Waals surface area contributed by atoms with Crippen LogP contribution < -0.4 is 10.6 Å². The molecule has 1 aliphatic heterocycles. The number of imidazole rings is 1. The van der Waals surface area contributed by atoms with Crippen molar-refractivity contribution >= 4 is 16.7 Å². The van der Waals surface area contributed by atoms with Gasteiger partial charge in [0.25, 0.3) is 0 Å². The van der Waals surface area contributed by atoms with E-state index < -0.39 is 0 Å². The highest BCUT2D eigenvalue weighted by molar-refractivity contribution is 5.80. The van der Waals surface area contributed by atoms with E-state index in [9.17, 15) is 0 Å². The van der Waals surface area contributed by atoms with Gasteiger partial charge < -0.3 is 20.1 Å². The average Bonchev–Trinajstić information content (AvgIpc) is 2.83. The number of hydrogen-bond acceptors (Lipinski definition) is 4. The van der Waals surface area contributed by atoms with Crippen LogP contribution in [0.4, 0.5) is 5.69 Å². The van der Waals surface area contributed by atoms with Crippen LogP contribution >= 0.6 is 0 Å². The first-order valence-electron chi connectivity index (χ1n) is 7.35. The largest absolute Gasteiger partial charge is 0.369 e. The summed E-state index contributed by atoms with van der Waals surface area (Å²) in [6.07, 6.45) is 0. The summed E-state index contributed by atoms with van der Waals surface area (Å²) in [6, 6.07) is 6.55. The molecule has 2 heterocycles. The minimum Gasteiger partial charge on any atom is -0.369 e. The van der Waals surface area contributed by atoms with Crippen molar-refractivity contribution in [1.29, 1.82) is 0 Å². The second-order valence-electron chi connectivity index (χ2n) is 5.39. The minimum absolute atomic E-state index is 0.482. The van der Waals surface area contributed by atoms with Gasteiger partial charge in [0.15, 0.2) is 0 Å². The van der Waals surface area contributed by atoms with Crippen molar-refractivity contribution in [2.24, 2.45) is 12.8 Å². The number of fused-ring (bicyclic) bond motifs is 1. The van der Waals surface area contributed by atoms with Crippen LogP contribution in [-0.2, 0) is 13.6 Å². The zero-order chi connectivity index (χ0) is 14.1. The molecule has 0 spiro atoms. The van der Waals surface area contributed by atoms with Crippen molar-refractivity contribution < 1.29 is 0 Å². The Labute approximate surface area is 120 Å². The third-order valence-corrected chi connectivity index (χ3v) is 4.32. The molecule has 3 rings (SSSR count). The van der Waals surface area contributed by atoms with Crippen molar-refractivity contribution in [2.45, 2.75) is 13.5 Å². The molecule has 0 atom stereocenters. The Bertz CT molecular complexity index is 596. The Morgan fingerprint density at radius 3 is 2.60 bits per heavy atom. The Kier molecular flexibility index (Phi) is 3.63. The van der Waals surface area contributed by atoms with Crippen molar-refractivity contribution in [3.63, 3.8) is 0 Å². The molecule has 1 saturated heterocycles. The van der Waals surface area contributed by atoms with Crippen molar-refractivity contribution in [3.8, 4) is 0 Å². The molecule has 2 aromatic rings. The predicted octanol–water partition coefficient (Wildman–Crippen LogP) is 1.17. The van der Waals surface area contributed by atoms with E-state index in [1.165, 1.54) is 5.69 Å². The normalized spacial score (nSPS) is 17.1. The third kappa shape index (κ3) is 2.27. The van der Waals surface area contributed by atoms with Crippen LogP contribution in [0.15, 0.2) is 18.2 Å². The molecule has 0 amide bonds. The Hall–Kier alpha value is -1.59. The number of nitrogens with zero attached hydrogens (tertiary/aromatic N) is 4. The fourth-order valence-electron chi connectivity index (χ4n) is 2.94. The standard InChI is InChI=1S/C15H23N5/c1-3-19-6-8-20(9-7-19)12-4-5-14-13(10-12)17-15(11-16)18(14)2/h4-5,10H,3,6-9,11,16H2,1-2H3. The summed E-state index contributed by atoms with van der Waals surface area (Å²) in [5.41, 5.74) is 9.20. The number of likely N-dealkylation sites (N-methyl/N-ethyl adjacent to an activating group) is 1. The third-order valence-electron chi connectivity index (χ3n) is 4.32. The van der Waals surface area contributed by atoms with Gasteiger partial charge in [0.1, 0.15) is 5.82 Å². The van der Waals surface area contributed by atoms with Gasteiger partial charge in [-0.15, -0.1) is 0 Å². The fourth-order valence-corrected chi connectivity index (χ4v) is 2.94. The molecule has 1 aromatic heterocycles. The predicted molar refractivity (Wildman–Crippen MR) is 82.9 cm³/mol. The number of aryl methyl sites for hydroxylation is 1. The van der Waals surface area contributed by atoms with E-state index in [4.69, 9.17) is 5.73 Å². The number of rotatable bonds is 3. The number of anilines is 1. The van der Waals surface area contributed by atoms with E-state index in [2.05, 4.69) is 44.5 Å². The first kappa shape index (κ1) is 13.4. The van der Waals surface area contributed by atoms with Gasteiger partial charge in [0.2, 0.25) is 0 Å². The Morgan fingerprint density at radius 2 is 1.95 bits per heavy atom. The molecule has 1 aromatic carbocycles. The molecular formula is C15H23N5. The first-order chi connectivity index (χ1) is 9.72. The molecule has 2 N–H and O–H groups in total. The summed E-state index contributed by atoms with van der Waals surface area (Å²) in [4.78, 5) is 9.55. The molecular weight excluding hydrogens is 250 g/mol. The molecule has 0 bridgehead atoms. The lowest BCUT2D eigenvalue weighted by Gasteiger charge is -2.35. The summed E-state index contributed by atoms with van der Waals surface area (Å²) in [6.45, 7) is 8.33. The number of benzene rings is 1. The van der Waals surface area contributed by atoms with Crippen LogP contribution in [0.5, 0.6) is 0 Å². The van der Waals surface area contributed by atoms with Gasteiger partial charge in [0, 0.05) is 38.9 Å². The Morgan fingerprint density at radius 1 is 1.20 bits per heavy atom. The van der Waals surface area contributed by atoms with Gasteiger partial charge in [-0.05, 0) is 24.7 Å². The van der Waals surface area contributed by atoms with Crippen molar-refractivity contribution in [1.82, 2.24) is 14.5 Å². The van der Waals surface area contributed by atoms with Gasteiger partial charge >= 0.3 is 0 Å². The second-order valence-corrected chi connectivity index (χ2v) is 5.39. The van der Waals surface area contributed by atoms with E-state index in [0.29, 0.717) is 6.54 Å². The molecule has 0 radical (unpaired) electrons. The Balaban J connectivity index is 1.86. The van der Waals surface area contributed by atoms with E-state index >= 15 is 0 Å². The molecule has 1 fully saturated rings. The maximum atomic E-state index is 5.73. The highest BCUT2D eigenvalue weighted by Crippen LogP contribution is 2.23. The van der Waals surface area contributed by atoms with Gasteiger partial charge in [-0.1, -0.05) is 6.92 Å². The molecule has 20 heavy (non-hydrogen) atoms. The number of nitrogens with two attached hydrogens (primary N) is 1. The monoisotopic (exact) mass is 273 g/mol. The minimum atomic E-state index is 0.482. The average molecular weight is 273 g/mol. The van der Waals surface area contributed by atoms with Crippen LogP contribution in [0.25, 0.3) is 11.0 Å². The first-order valence-corrected chi connectivity index (χ1v) is 7.35. The van der Waals surface area contributed by atoms with Crippen molar-refractivity contribution in [3.05, 3.63) is 24.0 Å². The van der Waals surface area contributed by atoms with Gasteiger partial charge in [-0.2, -0.15) is 0 Å². The summed E-state index contributed by atoms with van der Waals surface area (Å²) >= 11 is 0. The van der Waals surface area contributed by atoms with Crippen molar-refractivity contribution in [2.75, 3.05) is 37.6 Å². The molecule has 108 valence electrons. The van der Waals surface area contributed by atoms with Gasteiger partial charge in [0.05, 0.1) is 17.6 Å². The molecule has 0 unspecified atom stereocenters. The van der Waals surface area contributed by atoms with E-state index in [0.717, 1.165) is 49.6 Å². The van der Waals surface area contributed by atoms with E-state index in [-0.39, 0.29) is 0 Å². The van der Waals surface area contributed by atoms with Crippen LogP contribution in [0.1, 0.15) is 12.7 Å². The summed E-state index contributed by atoms with van der Waals surface area (Å²) < 4.78 is 2.08. The number of piperazine rings is 1. The van der Waals surface area contributed by atoms with Crippen LogP contribution in [0.3, 0.4) is 0 Å². The molecule has 1 aliphatic rings. The lowest BCUT2D eigenvalue weighted by Crippen LogP contribution is -2.46. The highest BCUT2D eigenvalue weighted by atomic mass is 15.3. The SMILES string of the molecule is CCN1CCN(c2ccc3c(c2)nc(CN)n3C)CC1. The number of hydrogen-bond donors (Lipinski definition) is 1. The lowest BCUT2D eigenvalue weighted by molar-refractivity contribution is 0.271. The lowest BCUT2D eigenvalue weighted by atomic mass is 10.2. The van der Waals surface area contributed by atoms with Gasteiger partial charge in [-0.25, -0.2) is 4.98 Å². The van der Waals surface area contributed by atoms with Gasteiger partial charge in [-0.3, -0.25) is 0 Å². The van der Waals surface area contributed by atoms with E-state index in [1.54, 1.807) is 0 Å². The topological polar surface area (TPSA) is 50.3 Å². The zero-order valence-corrected chi connectivity index (χ0v) is 12.3. The fraction of sp³-hybridized carbons (Fsp3) is 0.533. The molecule has 0 saturated carbocycles. The number of aromatic nitrogens is 2. The van der Waals surface area contributed by atoms with Crippen LogP contribution in [0, 0.1) is 0 Å². The molecule has 5 nitrogen and oxygen atoms in total. The second kappa shape index (κ2) is 5.42.